The first kappa shape index (κ1) is 20.3. The van der Waals surface area contributed by atoms with Gasteiger partial charge in [0.05, 0.1) is 11.5 Å². The van der Waals surface area contributed by atoms with Crippen LogP contribution in [0.1, 0.15) is 19.8 Å². The third-order valence-corrected chi connectivity index (χ3v) is 5.40. The maximum Gasteiger partial charge on any atom is 0.295 e. The second kappa shape index (κ2) is 7.70. The Labute approximate surface area is 151 Å². The summed E-state index contributed by atoms with van der Waals surface area (Å²) in [6.45, 7) is 2.16. The highest BCUT2D eigenvalue weighted by Gasteiger charge is 2.25. The largest absolute Gasteiger partial charge is 0.490 e. The molecule has 2 aromatic rings. The summed E-state index contributed by atoms with van der Waals surface area (Å²) in [7, 11) is -9.08. The van der Waals surface area contributed by atoms with E-state index in [1.807, 2.05) is 6.92 Å². The molecule has 0 unspecified atom stereocenters. The van der Waals surface area contributed by atoms with E-state index >= 15 is 0 Å². The number of benzene rings is 2. The van der Waals surface area contributed by atoms with Gasteiger partial charge in [0.15, 0.2) is 11.6 Å². The molecule has 0 aliphatic carbocycles. The van der Waals surface area contributed by atoms with Crippen LogP contribution in [-0.2, 0) is 20.1 Å². The fourth-order valence-electron chi connectivity index (χ4n) is 2.34. The summed E-state index contributed by atoms with van der Waals surface area (Å²) in [5.74, 6) is -0.854. The molecule has 2 rings (SSSR count). The highest BCUT2D eigenvalue weighted by molar-refractivity contribution is 7.89. The Morgan fingerprint density at radius 2 is 1.77 bits per heavy atom. The Morgan fingerprint density at radius 3 is 2.35 bits per heavy atom. The number of nitrogens with two attached hydrogens (primary N) is 1. The minimum atomic E-state index is -4.76. The second-order valence-corrected chi connectivity index (χ2v) is 8.42. The molecule has 7 nitrogen and oxygen atoms in total. The van der Waals surface area contributed by atoms with Crippen LogP contribution in [-0.4, -0.2) is 28.0 Å². The van der Waals surface area contributed by atoms with Gasteiger partial charge < -0.3 is 4.74 Å². The lowest BCUT2D eigenvalue weighted by atomic mass is 10.1. The summed E-state index contributed by atoms with van der Waals surface area (Å²) in [6.07, 6.45) is 1.50. The van der Waals surface area contributed by atoms with Crippen LogP contribution in [0.4, 0.5) is 4.39 Å². The molecule has 0 aliphatic rings. The molecule has 2 aromatic carbocycles. The van der Waals surface area contributed by atoms with E-state index in [-0.39, 0.29) is 23.5 Å². The van der Waals surface area contributed by atoms with Crippen LogP contribution in [0.3, 0.4) is 0 Å². The first-order valence-corrected chi connectivity index (χ1v) is 10.6. The Balaban J connectivity index is 2.73. The summed E-state index contributed by atoms with van der Waals surface area (Å²) in [6, 6.07) is 6.63. The average Bonchev–Trinajstić information content (AvgIpc) is 2.54. The van der Waals surface area contributed by atoms with Gasteiger partial charge in [0.25, 0.3) is 10.1 Å². The Bertz CT molecular complexity index is 969. The standard InChI is InChI=1S/C16H18FNO6S2/c1-2-3-9-24-13-10-11(7-8-12(13)17)16-14(25(18,19)20)5-4-6-15(16)26(21,22)23/h4-8,10H,2-3,9H2,1H3,(H2,18,19,20)(H,21,22,23). The van der Waals surface area contributed by atoms with Gasteiger partial charge >= 0.3 is 0 Å². The molecule has 0 aromatic heterocycles. The van der Waals surface area contributed by atoms with E-state index in [1.54, 1.807) is 0 Å². The molecule has 0 aliphatic heterocycles. The Kier molecular flexibility index (Phi) is 6.02. The molecule has 0 spiro atoms. The summed E-state index contributed by atoms with van der Waals surface area (Å²) in [5, 5.41) is 5.16. The van der Waals surface area contributed by atoms with Gasteiger partial charge in [0.1, 0.15) is 4.90 Å². The minimum absolute atomic E-state index is 0.0233. The Morgan fingerprint density at radius 1 is 1.12 bits per heavy atom. The number of hydrogen-bond acceptors (Lipinski definition) is 5. The van der Waals surface area contributed by atoms with Crippen molar-refractivity contribution in [3.05, 3.63) is 42.2 Å². The molecule has 0 saturated carbocycles. The summed E-state index contributed by atoms with van der Waals surface area (Å²) < 4.78 is 75.8. The normalized spacial score (nSPS) is 12.2. The summed E-state index contributed by atoms with van der Waals surface area (Å²) >= 11 is 0. The molecule has 0 fully saturated rings. The first-order valence-electron chi connectivity index (χ1n) is 7.61. The third-order valence-electron chi connectivity index (χ3n) is 3.55. The molecule has 10 heteroatoms. The molecule has 142 valence electrons. The van der Waals surface area contributed by atoms with Gasteiger partial charge in [-0.15, -0.1) is 0 Å². The van der Waals surface area contributed by atoms with Crippen molar-refractivity contribution in [1.82, 2.24) is 0 Å². The minimum Gasteiger partial charge on any atom is -0.490 e. The molecule has 0 atom stereocenters. The van der Waals surface area contributed by atoms with E-state index < -0.39 is 35.7 Å². The van der Waals surface area contributed by atoms with Gasteiger partial charge in [-0.1, -0.05) is 25.5 Å². The molecule has 0 saturated heterocycles. The lowest BCUT2D eigenvalue weighted by Crippen LogP contribution is -2.15. The van der Waals surface area contributed by atoms with Gasteiger partial charge in [-0.2, -0.15) is 8.42 Å². The van der Waals surface area contributed by atoms with E-state index in [4.69, 9.17) is 9.88 Å². The van der Waals surface area contributed by atoms with Crippen LogP contribution in [0.15, 0.2) is 46.2 Å². The van der Waals surface area contributed by atoms with Crippen molar-refractivity contribution in [2.75, 3.05) is 6.61 Å². The van der Waals surface area contributed by atoms with Crippen molar-refractivity contribution in [1.29, 1.82) is 0 Å². The molecule has 0 radical (unpaired) electrons. The van der Waals surface area contributed by atoms with Gasteiger partial charge in [-0.3, -0.25) is 4.55 Å². The lowest BCUT2D eigenvalue weighted by Gasteiger charge is -2.14. The molecular formula is C16H18FNO6S2. The zero-order valence-electron chi connectivity index (χ0n) is 13.8. The van der Waals surface area contributed by atoms with Gasteiger partial charge in [-0.25, -0.2) is 17.9 Å². The van der Waals surface area contributed by atoms with Crippen molar-refractivity contribution in [2.45, 2.75) is 29.6 Å². The molecule has 0 heterocycles. The number of sulfonamides is 1. The van der Waals surface area contributed by atoms with Crippen LogP contribution in [0.25, 0.3) is 11.1 Å². The second-order valence-electron chi connectivity index (χ2n) is 5.50. The van der Waals surface area contributed by atoms with E-state index in [0.717, 1.165) is 30.7 Å². The molecule has 0 amide bonds. The van der Waals surface area contributed by atoms with E-state index in [0.29, 0.717) is 6.42 Å². The zero-order chi connectivity index (χ0) is 19.5. The monoisotopic (exact) mass is 403 g/mol. The number of rotatable bonds is 7. The lowest BCUT2D eigenvalue weighted by molar-refractivity contribution is 0.294. The molecule has 26 heavy (non-hydrogen) atoms. The van der Waals surface area contributed by atoms with E-state index in [9.17, 15) is 25.8 Å². The van der Waals surface area contributed by atoms with Crippen LogP contribution in [0.2, 0.25) is 0 Å². The zero-order valence-corrected chi connectivity index (χ0v) is 15.5. The highest BCUT2D eigenvalue weighted by atomic mass is 32.2. The fraction of sp³-hybridized carbons (Fsp3) is 0.250. The van der Waals surface area contributed by atoms with E-state index in [1.165, 1.54) is 12.1 Å². The van der Waals surface area contributed by atoms with Crippen LogP contribution in [0, 0.1) is 5.82 Å². The first-order chi connectivity index (χ1) is 12.1. The Hall–Kier alpha value is -2.01. The van der Waals surface area contributed by atoms with Gasteiger partial charge in [0, 0.05) is 5.56 Å². The SMILES string of the molecule is CCCCOc1cc(-c2c(S(N)(=O)=O)cccc2S(=O)(=O)O)ccc1F. The average molecular weight is 403 g/mol. The quantitative estimate of drug-likeness (QED) is 0.541. The smallest absolute Gasteiger partial charge is 0.295 e. The maximum absolute atomic E-state index is 13.9. The number of hydrogen-bond donors (Lipinski definition) is 2. The highest BCUT2D eigenvalue weighted by Crippen LogP contribution is 2.35. The maximum atomic E-state index is 13.9. The number of unbranched alkanes of at least 4 members (excludes halogenated alkanes) is 1. The van der Waals surface area contributed by atoms with Gasteiger partial charge in [0.2, 0.25) is 10.0 Å². The number of ether oxygens (including phenoxy) is 1. The topological polar surface area (TPSA) is 124 Å². The summed E-state index contributed by atoms with van der Waals surface area (Å²) in [4.78, 5) is -1.17. The van der Waals surface area contributed by atoms with Crippen LogP contribution in [0.5, 0.6) is 5.75 Å². The predicted molar refractivity (Wildman–Crippen MR) is 93.4 cm³/mol. The molecule has 0 bridgehead atoms. The molecular weight excluding hydrogens is 385 g/mol. The summed E-state index contributed by atoms with van der Waals surface area (Å²) in [5.41, 5.74) is -0.326. The van der Waals surface area contributed by atoms with Crippen molar-refractivity contribution in [3.8, 4) is 16.9 Å². The predicted octanol–water partition coefficient (Wildman–Crippen LogP) is 2.57. The number of halogens is 1. The fourth-order valence-corrected chi connectivity index (χ4v) is 3.92. The van der Waals surface area contributed by atoms with Crippen LogP contribution >= 0.6 is 0 Å². The molecule has 3 N–H and O–H groups in total. The van der Waals surface area contributed by atoms with Gasteiger partial charge in [-0.05, 0) is 36.2 Å². The van der Waals surface area contributed by atoms with Crippen molar-refractivity contribution in [3.63, 3.8) is 0 Å². The van der Waals surface area contributed by atoms with Crippen molar-refractivity contribution >= 4 is 20.1 Å². The number of primary sulfonamides is 1. The van der Waals surface area contributed by atoms with E-state index in [2.05, 4.69) is 0 Å². The van der Waals surface area contributed by atoms with Crippen molar-refractivity contribution < 1.29 is 30.5 Å². The van der Waals surface area contributed by atoms with Crippen LogP contribution < -0.4 is 9.88 Å². The third kappa shape index (κ3) is 4.58. The van der Waals surface area contributed by atoms with Crippen molar-refractivity contribution in [2.24, 2.45) is 5.14 Å².